The molecule has 0 bridgehead atoms. The summed E-state index contributed by atoms with van der Waals surface area (Å²) >= 11 is 0. The fourth-order valence-electron chi connectivity index (χ4n) is 6.58. The number of ether oxygens (including phenoxy) is 1. The zero-order valence-electron chi connectivity index (χ0n) is 21.0. The normalized spacial score (nSPS) is 27.2. The Morgan fingerprint density at radius 3 is 2.55 bits per heavy atom. The standard InChI is InChI=1S/C28H39NO3S/c1-19(2)21-8-11-24-22(17-21)9-13-26-27(4,14-7-15-28(24,26)5)18-29-33(30,31)23-10-12-25(32-6)20(3)16-23/h8,10-12,16-17,19,26,29H,7,9,13-15,18H2,1-6H3/t26-,27+,28-/m1/s1. The first kappa shape index (κ1) is 24.3. The smallest absolute Gasteiger partial charge is 0.240 e. The first-order valence-electron chi connectivity index (χ1n) is 12.3. The zero-order chi connectivity index (χ0) is 24.0. The molecule has 3 atom stereocenters. The maximum Gasteiger partial charge on any atom is 0.240 e. The van der Waals surface area contributed by atoms with E-state index in [1.807, 2.05) is 6.92 Å². The quantitative estimate of drug-likeness (QED) is 0.555. The number of aryl methyl sites for hydroxylation is 2. The third-order valence-corrected chi connectivity index (χ3v) is 9.91. The van der Waals surface area contributed by atoms with E-state index in [-0.39, 0.29) is 10.8 Å². The van der Waals surface area contributed by atoms with Crippen molar-refractivity contribution in [2.45, 2.75) is 83.0 Å². The van der Waals surface area contributed by atoms with E-state index < -0.39 is 10.0 Å². The summed E-state index contributed by atoms with van der Waals surface area (Å²) in [6.45, 7) is 11.6. The van der Waals surface area contributed by atoms with Crippen LogP contribution in [0.15, 0.2) is 41.3 Å². The van der Waals surface area contributed by atoms with Crippen LogP contribution >= 0.6 is 0 Å². The second kappa shape index (κ2) is 8.74. The molecule has 2 aromatic carbocycles. The van der Waals surface area contributed by atoms with Gasteiger partial charge in [-0.1, -0.05) is 52.3 Å². The number of hydrogen-bond donors (Lipinski definition) is 1. The van der Waals surface area contributed by atoms with Crippen LogP contribution in [0.3, 0.4) is 0 Å². The minimum atomic E-state index is -3.58. The topological polar surface area (TPSA) is 55.4 Å². The Hall–Kier alpha value is -1.85. The van der Waals surface area contributed by atoms with Gasteiger partial charge in [-0.2, -0.15) is 0 Å². The first-order chi connectivity index (χ1) is 15.5. The lowest BCUT2D eigenvalue weighted by atomic mass is 9.50. The molecule has 0 aromatic heterocycles. The van der Waals surface area contributed by atoms with Gasteiger partial charge in [0, 0.05) is 6.54 Å². The summed E-state index contributed by atoms with van der Waals surface area (Å²) in [6.07, 6.45) is 5.54. The predicted molar refractivity (Wildman–Crippen MR) is 135 cm³/mol. The van der Waals surface area contributed by atoms with Crippen LogP contribution < -0.4 is 9.46 Å². The molecule has 180 valence electrons. The van der Waals surface area contributed by atoms with E-state index in [0.29, 0.717) is 29.0 Å². The number of hydrogen-bond acceptors (Lipinski definition) is 3. The summed E-state index contributed by atoms with van der Waals surface area (Å²) in [7, 11) is -1.99. The Bertz CT molecular complexity index is 1140. The van der Waals surface area contributed by atoms with E-state index >= 15 is 0 Å². The predicted octanol–water partition coefficient (Wildman–Crippen LogP) is 6.12. The lowest BCUT2D eigenvalue weighted by molar-refractivity contribution is 0.0299. The molecule has 0 amide bonds. The van der Waals surface area contributed by atoms with Gasteiger partial charge in [0.15, 0.2) is 0 Å². The van der Waals surface area contributed by atoms with Gasteiger partial charge < -0.3 is 4.74 Å². The maximum absolute atomic E-state index is 13.2. The molecule has 1 fully saturated rings. The molecular weight excluding hydrogens is 430 g/mol. The summed E-state index contributed by atoms with van der Waals surface area (Å²) in [4.78, 5) is 0.304. The minimum absolute atomic E-state index is 0.0734. The Labute approximate surface area is 200 Å². The van der Waals surface area contributed by atoms with Crippen LogP contribution in [0.5, 0.6) is 5.75 Å². The Morgan fingerprint density at radius 2 is 1.88 bits per heavy atom. The van der Waals surface area contributed by atoms with Crippen LogP contribution in [0.1, 0.15) is 81.5 Å². The van der Waals surface area contributed by atoms with Gasteiger partial charge in [0.2, 0.25) is 10.0 Å². The molecule has 0 radical (unpaired) electrons. The highest BCUT2D eigenvalue weighted by molar-refractivity contribution is 7.89. The fourth-order valence-corrected chi connectivity index (χ4v) is 7.84. The number of rotatable bonds is 6. The first-order valence-corrected chi connectivity index (χ1v) is 13.8. The van der Waals surface area contributed by atoms with Crippen molar-refractivity contribution in [3.05, 3.63) is 58.7 Å². The molecule has 1 saturated carbocycles. The van der Waals surface area contributed by atoms with Crippen LogP contribution in [0, 0.1) is 18.3 Å². The SMILES string of the molecule is COc1ccc(S(=O)(=O)NC[C@]2(C)CCC[C@]3(C)c4ccc(C(C)C)cc4CC[C@H]23)cc1C. The van der Waals surface area contributed by atoms with Crippen molar-refractivity contribution in [1.29, 1.82) is 0 Å². The van der Waals surface area contributed by atoms with Crippen LogP contribution in [0.25, 0.3) is 0 Å². The van der Waals surface area contributed by atoms with Gasteiger partial charge in [-0.3, -0.25) is 0 Å². The zero-order valence-corrected chi connectivity index (χ0v) is 21.8. The average molecular weight is 470 g/mol. The van der Waals surface area contributed by atoms with Gasteiger partial charge >= 0.3 is 0 Å². The third-order valence-electron chi connectivity index (χ3n) is 8.51. The molecule has 2 aromatic rings. The molecule has 0 spiro atoms. The molecule has 5 heteroatoms. The number of sulfonamides is 1. The molecule has 2 aliphatic carbocycles. The van der Waals surface area contributed by atoms with Crippen LogP contribution in [-0.4, -0.2) is 22.1 Å². The average Bonchev–Trinajstić information content (AvgIpc) is 2.77. The lowest BCUT2D eigenvalue weighted by Gasteiger charge is -2.55. The van der Waals surface area contributed by atoms with Crippen molar-refractivity contribution < 1.29 is 13.2 Å². The molecule has 2 aliphatic rings. The summed E-state index contributed by atoms with van der Waals surface area (Å²) in [5.41, 5.74) is 5.24. The minimum Gasteiger partial charge on any atom is -0.496 e. The van der Waals surface area contributed by atoms with Gasteiger partial charge in [-0.15, -0.1) is 0 Å². The molecule has 0 unspecified atom stereocenters. The van der Waals surface area contributed by atoms with E-state index in [1.54, 1.807) is 25.3 Å². The monoisotopic (exact) mass is 469 g/mol. The van der Waals surface area contributed by atoms with Gasteiger partial charge in [-0.25, -0.2) is 13.1 Å². The molecule has 0 saturated heterocycles. The van der Waals surface area contributed by atoms with Gasteiger partial charge in [-0.05, 0) is 95.7 Å². The molecule has 4 rings (SSSR count). The highest BCUT2D eigenvalue weighted by Crippen LogP contribution is 2.57. The number of nitrogens with one attached hydrogen (secondary N) is 1. The van der Waals surface area contributed by atoms with Crippen LogP contribution in [-0.2, 0) is 21.9 Å². The molecule has 33 heavy (non-hydrogen) atoms. The van der Waals surface area contributed by atoms with E-state index in [2.05, 4.69) is 50.6 Å². The fraction of sp³-hybridized carbons (Fsp3) is 0.571. The maximum atomic E-state index is 13.2. The van der Waals surface area contributed by atoms with Crippen molar-refractivity contribution in [1.82, 2.24) is 4.72 Å². The molecule has 0 heterocycles. The van der Waals surface area contributed by atoms with Crippen molar-refractivity contribution in [3.63, 3.8) is 0 Å². The van der Waals surface area contributed by atoms with Gasteiger partial charge in [0.1, 0.15) is 5.75 Å². The third kappa shape index (κ3) is 4.35. The van der Waals surface area contributed by atoms with Gasteiger partial charge in [0.25, 0.3) is 0 Å². The molecule has 1 N–H and O–H groups in total. The highest BCUT2D eigenvalue weighted by Gasteiger charge is 2.51. The van der Waals surface area contributed by atoms with E-state index in [0.717, 1.165) is 31.2 Å². The van der Waals surface area contributed by atoms with Crippen molar-refractivity contribution in [2.75, 3.05) is 13.7 Å². The Kier molecular flexibility index (Phi) is 6.43. The number of benzene rings is 2. The van der Waals surface area contributed by atoms with E-state index in [9.17, 15) is 8.42 Å². The molecular formula is C28H39NO3S. The molecule has 0 aliphatic heterocycles. The van der Waals surface area contributed by atoms with Gasteiger partial charge in [0.05, 0.1) is 12.0 Å². The summed E-state index contributed by atoms with van der Waals surface area (Å²) in [5, 5.41) is 0. The van der Waals surface area contributed by atoms with E-state index in [4.69, 9.17) is 4.74 Å². The van der Waals surface area contributed by atoms with Crippen LogP contribution in [0.2, 0.25) is 0 Å². The van der Waals surface area contributed by atoms with Crippen molar-refractivity contribution >= 4 is 10.0 Å². The summed E-state index contributed by atoms with van der Waals surface area (Å²) < 4.78 is 34.6. The van der Waals surface area contributed by atoms with Crippen molar-refractivity contribution in [3.8, 4) is 5.75 Å². The lowest BCUT2D eigenvalue weighted by Crippen LogP contribution is -2.53. The summed E-state index contributed by atoms with van der Waals surface area (Å²) in [6, 6.07) is 12.1. The second-order valence-corrected chi connectivity index (χ2v) is 12.8. The van der Waals surface area contributed by atoms with Crippen molar-refractivity contribution in [2.24, 2.45) is 11.3 Å². The largest absolute Gasteiger partial charge is 0.496 e. The highest BCUT2D eigenvalue weighted by atomic mass is 32.2. The number of fused-ring (bicyclic) bond motifs is 3. The Balaban J connectivity index is 1.58. The second-order valence-electron chi connectivity index (χ2n) is 11.0. The Morgan fingerprint density at radius 1 is 1.12 bits per heavy atom. The number of methoxy groups -OCH3 is 1. The summed E-state index contributed by atoms with van der Waals surface area (Å²) in [5.74, 6) is 1.69. The molecule has 4 nitrogen and oxygen atoms in total. The van der Waals surface area contributed by atoms with E-state index in [1.165, 1.54) is 23.1 Å². The van der Waals surface area contributed by atoms with Crippen LogP contribution in [0.4, 0.5) is 0 Å².